The fourth-order valence-corrected chi connectivity index (χ4v) is 0.938. The van der Waals surface area contributed by atoms with Crippen LogP contribution in [0.5, 0.6) is 0 Å². The van der Waals surface area contributed by atoms with Crippen molar-refractivity contribution in [2.75, 3.05) is 13.2 Å². The summed E-state index contributed by atoms with van der Waals surface area (Å²) in [6, 6.07) is 0. The molecule has 62 valence electrons. The standard InChI is InChI=1S/C6H15O3P/c1-2-3-4-9-10-6(8)5-7/h6-8,10H,2-5H2,1H3. The van der Waals surface area contributed by atoms with Gasteiger partial charge in [0, 0.05) is 8.81 Å². The molecule has 0 aromatic rings. The van der Waals surface area contributed by atoms with Crippen LogP contribution in [0.25, 0.3) is 0 Å². The average Bonchev–Trinajstić information content (AvgIpc) is 1.98. The summed E-state index contributed by atoms with van der Waals surface area (Å²) in [6.45, 7) is 2.56. The molecule has 0 spiro atoms. The van der Waals surface area contributed by atoms with Gasteiger partial charge in [0.1, 0.15) is 5.85 Å². The van der Waals surface area contributed by atoms with Crippen molar-refractivity contribution in [3.05, 3.63) is 0 Å². The van der Waals surface area contributed by atoms with Crippen molar-refractivity contribution >= 4 is 8.81 Å². The lowest BCUT2D eigenvalue weighted by Crippen LogP contribution is -2.05. The molecule has 4 heteroatoms. The monoisotopic (exact) mass is 166 g/mol. The van der Waals surface area contributed by atoms with E-state index < -0.39 is 5.85 Å². The molecule has 3 nitrogen and oxygen atoms in total. The van der Waals surface area contributed by atoms with Gasteiger partial charge in [-0.3, -0.25) is 0 Å². The second kappa shape index (κ2) is 7.42. The Morgan fingerprint density at radius 2 is 2.30 bits per heavy atom. The summed E-state index contributed by atoms with van der Waals surface area (Å²) in [5.74, 6) is -0.683. The van der Waals surface area contributed by atoms with Gasteiger partial charge in [0.15, 0.2) is 0 Å². The molecule has 0 saturated carbocycles. The quantitative estimate of drug-likeness (QED) is 0.451. The molecule has 2 unspecified atom stereocenters. The number of aliphatic hydroxyl groups is 2. The van der Waals surface area contributed by atoms with E-state index >= 15 is 0 Å². The van der Waals surface area contributed by atoms with Gasteiger partial charge >= 0.3 is 0 Å². The minimum Gasteiger partial charge on any atom is -0.393 e. The van der Waals surface area contributed by atoms with E-state index in [1.807, 2.05) is 0 Å². The molecule has 0 heterocycles. The molecule has 0 aliphatic heterocycles. The van der Waals surface area contributed by atoms with Gasteiger partial charge in [0.25, 0.3) is 0 Å². The summed E-state index contributed by atoms with van der Waals surface area (Å²) in [6.07, 6.45) is 2.12. The van der Waals surface area contributed by atoms with Crippen LogP contribution < -0.4 is 0 Å². The number of hydrogen-bond donors (Lipinski definition) is 2. The van der Waals surface area contributed by atoms with Crippen LogP contribution in [0.4, 0.5) is 0 Å². The lowest BCUT2D eigenvalue weighted by molar-refractivity contribution is 0.148. The van der Waals surface area contributed by atoms with Crippen molar-refractivity contribution in [3.8, 4) is 0 Å². The van der Waals surface area contributed by atoms with E-state index in [2.05, 4.69) is 6.92 Å². The van der Waals surface area contributed by atoms with E-state index in [1.165, 1.54) is 0 Å². The van der Waals surface area contributed by atoms with Gasteiger partial charge in [-0.25, -0.2) is 0 Å². The van der Waals surface area contributed by atoms with Crippen LogP contribution >= 0.6 is 8.81 Å². The third-order valence-electron chi connectivity index (χ3n) is 0.992. The SMILES string of the molecule is CCCCOPC(O)CO. The van der Waals surface area contributed by atoms with Gasteiger partial charge in [-0.05, 0) is 6.42 Å². The zero-order valence-electron chi connectivity index (χ0n) is 6.21. The van der Waals surface area contributed by atoms with E-state index in [-0.39, 0.29) is 15.4 Å². The van der Waals surface area contributed by atoms with Crippen molar-refractivity contribution in [2.24, 2.45) is 0 Å². The maximum Gasteiger partial charge on any atom is 0.118 e. The Bertz CT molecular complexity index is 70.0. The van der Waals surface area contributed by atoms with Crippen LogP contribution in [0.2, 0.25) is 0 Å². The number of hydrogen-bond acceptors (Lipinski definition) is 3. The predicted molar refractivity (Wildman–Crippen MR) is 42.3 cm³/mol. The first kappa shape index (κ1) is 10.3. The molecule has 0 fully saturated rings. The Kier molecular flexibility index (Phi) is 7.65. The Balaban J connectivity index is 2.89. The highest BCUT2D eigenvalue weighted by Crippen LogP contribution is 2.17. The molecule has 0 rings (SSSR count). The fourth-order valence-electron chi connectivity index (χ4n) is 0.409. The van der Waals surface area contributed by atoms with Gasteiger partial charge < -0.3 is 14.7 Å². The smallest absolute Gasteiger partial charge is 0.118 e. The van der Waals surface area contributed by atoms with Crippen LogP contribution in [0, 0.1) is 0 Å². The normalized spacial score (nSPS) is 14.7. The Morgan fingerprint density at radius 3 is 2.80 bits per heavy atom. The van der Waals surface area contributed by atoms with Crippen LogP contribution in [-0.4, -0.2) is 29.3 Å². The summed E-state index contributed by atoms with van der Waals surface area (Å²) in [4.78, 5) is 0. The van der Waals surface area contributed by atoms with E-state index in [9.17, 15) is 0 Å². The molecule has 0 radical (unpaired) electrons. The highest BCUT2D eigenvalue weighted by atomic mass is 31.1. The van der Waals surface area contributed by atoms with E-state index in [0.29, 0.717) is 6.61 Å². The van der Waals surface area contributed by atoms with Crippen LogP contribution in [0.1, 0.15) is 19.8 Å². The molecule has 0 aliphatic carbocycles. The highest BCUT2D eigenvalue weighted by molar-refractivity contribution is 7.32. The summed E-state index contributed by atoms with van der Waals surface area (Å²) in [5, 5.41) is 17.2. The molecule has 0 aromatic carbocycles. The maximum absolute atomic E-state index is 8.79. The predicted octanol–water partition coefficient (Wildman–Crippen LogP) is 0.707. The summed E-state index contributed by atoms with van der Waals surface area (Å²) >= 11 is 0. The van der Waals surface area contributed by atoms with Crippen LogP contribution in [0.15, 0.2) is 0 Å². The summed E-state index contributed by atoms with van der Waals surface area (Å²) < 4.78 is 5.04. The first-order chi connectivity index (χ1) is 4.81. The number of unbranched alkanes of at least 4 members (excludes halogenated alkanes) is 1. The molecule has 2 atom stereocenters. The van der Waals surface area contributed by atoms with Crippen molar-refractivity contribution in [1.29, 1.82) is 0 Å². The lowest BCUT2D eigenvalue weighted by Gasteiger charge is -2.06. The Morgan fingerprint density at radius 1 is 1.60 bits per heavy atom. The van der Waals surface area contributed by atoms with Crippen molar-refractivity contribution in [3.63, 3.8) is 0 Å². The third-order valence-corrected chi connectivity index (χ3v) is 1.82. The van der Waals surface area contributed by atoms with Crippen molar-refractivity contribution in [1.82, 2.24) is 0 Å². The Labute approximate surface area is 63.3 Å². The molecule has 2 N–H and O–H groups in total. The van der Waals surface area contributed by atoms with Gasteiger partial charge in [-0.2, -0.15) is 0 Å². The molecular weight excluding hydrogens is 151 g/mol. The average molecular weight is 166 g/mol. The minimum atomic E-state index is -0.683. The maximum atomic E-state index is 8.79. The molecule has 0 amide bonds. The number of aliphatic hydroxyl groups excluding tert-OH is 2. The van der Waals surface area contributed by atoms with Crippen LogP contribution in [0.3, 0.4) is 0 Å². The van der Waals surface area contributed by atoms with Gasteiger partial charge in [-0.1, -0.05) is 13.3 Å². The van der Waals surface area contributed by atoms with E-state index in [1.54, 1.807) is 0 Å². The van der Waals surface area contributed by atoms with Crippen LogP contribution in [-0.2, 0) is 4.52 Å². The van der Waals surface area contributed by atoms with Gasteiger partial charge in [0.2, 0.25) is 0 Å². The largest absolute Gasteiger partial charge is 0.393 e. The highest BCUT2D eigenvalue weighted by Gasteiger charge is 1.99. The first-order valence-electron chi connectivity index (χ1n) is 3.47. The zero-order chi connectivity index (χ0) is 7.82. The molecule has 10 heavy (non-hydrogen) atoms. The van der Waals surface area contributed by atoms with Gasteiger partial charge in [0.05, 0.1) is 13.2 Å². The van der Waals surface area contributed by atoms with E-state index in [4.69, 9.17) is 14.7 Å². The molecule has 0 bridgehead atoms. The van der Waals surface area contributed by atoms with Crippen molar-refractivity contribution in [2.45, 2.75) is 25.6 Å². The molecule has 0 saturated heterocycles. The topological polar surface area (TPSA) is 49.7 Å². The minimum absolute atomic E-state index is 0.0214. The lowest BCUT2D eigenvalue weighted by atomic mass is 10.4. The zero-order valence-corrected chi connectivity index (χ0v) is 7.21. The van der Waals surface area contributed by atoms with E-state index in [0.717, 1.165) is 12.8 Å². The molecule has 0 aliphatic rings. The Hall–Kier alpha value is 0.310. The van der Waals surface area contributed by atoms with Crippen molar-refractivity contribution < 1.29 is 14.7 Å². The summed E-state index contributed by atoms with van der Waals surface area (Å²) in [5.41, 5.74) is 0. The number of rotatable bonds is 6. The molecular formula is C6H15O3P. The van der Waals surface area contributed by atoms with Gasteiger partial charge in [-0.15, -0.1) is 0 Å². The third kappa shape index (κ3) is 6.43. The molecule has 0 aromatic heterocycles. The second-order valence-electron chi connectivity index (χ2n) is 2.02. The summed E-state index contributed by atoms with van der Waals surface area (Å²) in [7, 11) is 0.0214. The second-order valence-corrected chi connectivity index (χ2v) is 3.21. The fraction of sp³-hybridized carbons (Fsp3) is 1.00. The first-order valence-corrected chi connectivity index (χ1v) is 4.46.